The van der Waals surface area contributed by atoms with Crippen molar-refractivity contribution in [2.75, 3.05) is 6.61 Å². The van der Waals surface area contributed by atoms with Gasteiger partial charge in [-0.3, -0.25) is 14.5 Å². The van der Waals surface area contributed by atoms with Crippen LogP contribution in [0.15, 0.2) is 89.8 Å². The molecule has 2 aliphatic heterocycles. The van der Waals surface area contributed by atoms with Crippen molar-refractivity contribution in [2.45, 2.75) is 41.3 Å². The molecular weight excluding hydrogens is 466 g/mol. The van der Waals surface area contributed by atoms with Crippen LogP contribution < -0.4 is 0 Å². The van der Waals surface area contributed by atoms with E-state index < -0.39 is 41.6 Å². The van der Waals surface area contributed by atoms with E-state index in [0.29, 0.717) is 6.61 Å². The smallest absolute Gasteiger partial charge is 0.262 e. The molecule has 1 saturated heterocycles. The summed E-state index contributed by atoms with van der Waals surface area (Å²) < 4.78 is 12.0. The zero-order valence-corrected chi connectivity index (χ0v) is 19.6. The predicted octanol–water partition coefficient (Wildman–Crippen LogP) is 3.11. The summed E-state index contributed by atoms with van der Waals surface area (Å²) in [5.41, 5.74) is 0.702. The number of nitrogens with zero attached hydrogens (tertiary/aromatic N) is 1. The summed E-state index contributed by atoms with van der Waals surface area (Å²) in [5, 5.41) is 22.1. The lowest BCUT2D eigenvalue weighted by Gasteiger charge is -2.45. The van der Waals surface area contributed by atoms with Crippen molar-refractivity contribution in [2.24, 2.45) is 0 Å². The number of imide groups is 1. The molecule has 5 rings (SSSR count). The van der Waals surface area contributed by atoms with Crippen LogP contribution in [0.25, 0.3) is 0 Å². The van der Waals surface area contributed by atoms with Crippen molar-refractivity contribution < 1.29 is 29.3 Å². The highest BCUT2D eigenvalue weighted by Crippen LogP contribution is 2.38. The molecule has 2 amide bonds. The molecule has 0 saturated carbocycles. The Morgan fingerprint density at radius 3 is 2.00 bits per heavy atom. The quantitative estimate of drug-likeness (QED) is 0.490. The SMILES string of the molecule is O=C1c2ccccc2C(=O)N1[C@@H]1[C@@H](O)[C@@H](O)[C@@H](COCc2ccccc2)O[C@H]1Sc1ccccc1. The Balaban J connectivity index is 1.39. The second-order valence-electron chi connectivity index (χ2n) is 8.47. The van der Waals surface area contributed by atoms with Crippen molar-refractivity contribution in [1.29, 1.82) is 0 Å². The Hall–Kier alpha value is -3.01. The van der Waals surface area contributed by atoms with Gasteiger partial charge in [-0.25, -0.2) is 0 Å². The standard InChI is InChI=1S/C27H25NO6S/c29-23-21(16-33-15-17-9-3-1-4-10-17)34-27(35-18-11-5-2-6-12-18)22(24(23)30)28-25(31)19-13-7-8-14-20(19)26(28)32/h1-14,21-24,27,29-30H,15-16H2/t21-,22-,23+,24-,27+/m1/s1. The summed E-state index contributed by atoms with van der Waals surface area (Å²) in [6.07, 6.45) is -3.62. The summed E-state index contributed by atoms with van der Waals surface area (Å²) in [7, 11) is 0. The fourth-order valence-electron chi connectivity index (χ4n) is 4.41. The molecule has 3 aromatic rings. The van der Waals surface area contributed by atoms with Crippen molar-refractivity contribution in [1.82, 2.24) is 4.90 Å². The first-order chi connectivity index (χ1) is 17.0. The average Bonchev–Trinajstić information content (AvgIpc) is 3.13. The molecule has 0 bridgehead atoms. The van der Waals surface area contributed by atoms with Gasteiger partial charge in [0.25, 0.3) is 11.8 Å². The number of thioether (sulfide) groups is 1. The van der Waals surface area contributed by atoms with Crippen LogP contribution in [0.2, 0.25) is 0 Å². The van der Waals surface area contributed by atoms with Gasteiger partial charge in [0.1, 0.15) is 29.8 Å². The van der Waals surface area contributed by atoms with Gasteiger partial charge in [-0.05, 0) is 29.8 Å². The first-order valence-electron chi connectivity index (χ1n) is 11.4. The number of carbonyl (C=O) groups is 2. The largest absolute Gasteiger partial charge is 0.388 e. The minimum atomic E-state index is -1.42. The Bertz CT molecular complexity index is 1160. The van der Waals surface area contributed by atoms with Gasteiger partial charge in [0.05, 0.1) is 24.3 Å². The normalized spacial score (nSPS) is 26.1. The van der Waals surface area contributed by atoms with E-state index in [2.05, 4.69) is 0 Å². The molecular formula is C27H25NO6S. The minimum Gasteiger partial charge on any atom is -0.388 e. The topological polar surface area (TPSA) is 96.3 Å². The fraction of sp³-hybridized carbons (Fsp3) is 0.259. The van der Waals surface area contributed by atoms with E-state index in [1.807, 2.05) is 60.7 Å². The average molecular weight is 492 g/mol. The van der Waals surface area contributed by atoms with Crippen LogP contribution in [0, 0.1) is 0 Å². The lowest BCUT2D eigenvalue weighted by molar-refractivity contribution is -0.187. The van der Waals surface area contributed by atoms with Crippen LogP contribution in [0.5, 0.6) is 0 Å². The Morgan fingerprint density at radius 1 is 0.800 bits per heavy atom. The number of amides is 2. The van der Waals surface area contributed by atoms with Crippen molar-refractivity contribution in [3.63, 3.8) is 0 Å². The monoisotopic (exact) mass is 491 g/mol. The van der Waals surface area contributed by atoms with Crippen molar-refractivity contribution in [3.05, 3.63) is 102 Å². The second-order valence-corrected chi connectivity index (χ2v) is 9.64. The molecule has 8 heteroatoms. The van der Waals surface area contributed by atoms with Gasteiger partial charge in [0.15, 0.2) is 0 Å². The number of hydrogen-bond donors (Lipinski definition) is 2. The number of ether oxygens (including phenoxy) is 2. The molecule has 2 N–H and O–H groups in total. The van der Waals surface area contributed by atoms with Gasteiger partial charge < -0.3 is 19.7 Å². The fourth-order valence-corrected chi connectivity index (χ4v) is 5.61. The van der Waals surface area contributed by atoms with E-state index in [0.717, 1.165) is 15.4 Å². The summed E-state index contributed by atoms with van der Waals surface area (Å²) in [4.78, 5) is 28.2. The van der Waals surface area contributed by atoms with Gasteiger partial charge in [-0.2, -0.15) is 0 Å². The zero-order valence-electron chi connectivity index (χ0n) is 18.8. The van der Waals surface area contributed by atoms with Crippen molar-refractivity contribution in [3.8, 4) is 0 Å². The number of fused-ring (bicyclic) bond motifs is 1. The summed E-state index contributed by atoms with van der Waals surface area (Å²) in [6.45, 7) is 0.357. The molecule has 2 heterocycles. The molecule has 0 aromatic heterocycles. The highest BCUT2D eigenvalue weighted by atomic mass is 32.2. The molecule has 7 nitrogen and oxygen atoms in total. The first kappa shape index (κ1) is 23.7. The first-order valence-corrected chi connectivity index (χ1v) is 12.2. The lowest BCUT2D eigenvalue weighted by atomic mass is 9.97. The Labute approximate surface area is 207 Å². The maximum Gasteiger partial charge on any atom is 0.262 e. The van der Waals surface area contributed by atoms with Crippen LogP contribution in [-0.2, 0) is 16.1 Å². The van der Waals surface area contributed by atoms with E-state index in [-0.39, 0.29) is 17.7 Å². The van der Waals surface area contributed by atoms with E-state index in [9.17, 15) is 19.8 Å². The van der Waals surface area contributed by atoms with Crippen molar-refractivity contribution >= 4 is 23.6 Å². The molecule has 35 heavy (non-hydrogen) atoms. The van der Waals surface area contributed by atoms with E-state index in [4.69, 9.17) is 9.47 Å². The summed E-state index contributed by atoms with van der Waals surface area (Å²) in [5.74, 6) is -1.02. The maximum absolute atomic E-state index is 13.2. The zero-order chi connectivity index (χ0) is 24.4. The van der Waals surface area contributed by atoms with E-state index in [1.54, 1.807) is 24.3 Å². The van der Waals surface area contributed by atoms with Gasteiger partial charge in [-0.1, -0.05) is 72.4 Å². The number of hydrogen-bond acceptors (Lipinski definition) is 7. The molecule has 3 aromatic carbocycles. The number of aliphatic hydroxyl groups is 2. The molecule has 0 unspecified atom stereocenters. The molecule has 1 fully saturated rings. The second kappa shape index (κ2) is 10.3. The third kappa shape index (κ3) is 4.76. The molecule has 0 aliphatic carbocycles. The van der Waals surface area contributed by atoms with Gasteiger partial charge in [0, 0.05) is 4.90 Å². The van der Waals surface area contributed by atoms with Crippen LogP contribution in [-0.4, -0.2) is 63.3 Å². The van der Waals surface area contributed by atoms with E-state index >= 15 is 0 Å². The predicted molar refractivity (Wildman–Crippen MR) is 130 cm³/mol. The molecule has 0 spiro atoms. The molecule has 5 atom stereocenters. The molecule has 180 valence electrons. The molecule has 2 aliphatic rings. The van der Waals surface area contributed by atoms with Gasteiger partial charge in [0.2, 0.25) is 0 Å². The van der Waals surface area contributed by atoms with Crippen LogP contribution in [0.4, 0.5) is 0 Å². The van der Waals surface area contributed by atoms with Crippen LogP contribution >= 0.6 is 11.8 Å². The van der Waals surface area contributed by atoms with Crippen LogP contribution in [0.3, 0.4) is 0 Å². The number of benzene rings is 3. The summed E-state index contributed by atoms with van der Waals surface area (Å²) in [6, 6.07) is 24.4. The Morgan fingerprint density at radius 2 is 1.37 bits per heavy atom. The highest BCUT2D eigenvalue weighted by Gasteiger charge is 2.53. The summed E-state index contributed by atoms with van der Waals surface area (Å²) >= 11 is 1.29. The maximum atomic E-state index is 13.2. The lowest BCUT2D eigenvalue weighted by Crippen LogP contribution is -2.64. The minimum absolute atomic E-state index is 0.0355. The third-order valence-electron chi connectivity index (χ3n) is 6.18. The Kier molecular flexibility index (Phi) is 6.99. The molecule has 0 radical (unpaired) electrons. The third-order valence-corrected chi connectivity index (χ3v) is 7.35. The number of rotatable bonds is 7. The van der Waals surface area contributed by atoms with Gasteiger partial charge in [-0.15, -0.1) is 0 Å². The van der Waals surface area contributed by atoms with E-state index in [1.165, 1.54) is 11.8 Å². The van der Waals surface area contributed by atoms with Gasteiger partial charge >= 0.3 is 0 Å². The number of aliphatic hydroxyl groups excluding tert-OH is 2. The number of carbonyl (C=O) groups excluding carboxylic acids is 2. The van der Waals surface area contributed by atoms with Crippen LogP contribution in [0.1, 0.15) is 26.3 Å². The highest BCUT2D eigenvalue weighted by molar-refractivity contribution is 7.99.